The van der Waals surface area contributed by atoms with Gasteiger partial charge >= 0.3 is 0 Å². The van der Waals surface area contributed by atoms with Gasteiger partial charge in [0, 0.05) is 29.3 Å². The van der Waals surface area contributed by atoms with E-state index in [1.807, 2.05) is 41.3 Å². The Balaban J connectivity index is 1.38. The van der Waals surface area contributed by atoms with E-state index in [4.69, 9.17) is 5.41 Å². The summed E-state index contributed by atoms with van der Waals surface area (Å²) >= 11 is 0. The number of nitrogens with one attached hydrogen (secondary N) is 3. The molecule has 2 aliphatic rings. The molecule has 1 fully saturated rings. The van der Waals surface area contributed by atoms with Crippen LogP contribution in [0.3, 0.4) is 0 Å². The minimum absolute atomic E-state index is 0.220. The normalized spacial score (nSPS) is 17.6. The van der Waals surface area contributed by atoms with Gasteiger partial charge in [0.05, 0.1) is 35.6 Å². The fourth-order valence-electron chi connectivity index (χ4n) is 4.21. The Hall–Kier alpha value is -3.59. The maximum Gasteiger partial charge on any atom is 0.0991 e. The molecule has 6 nitrogen and oxygen atoms in total. The Bertz CT molecular complexity index is 1130. The number of hydrogen-bond acceptors (Lipinski definition) is 5. The van der Waals surface area contributed by atoms with Crippen molar-refractivity contribution in [3.63, 3.8) is 0 Å². The maximum absolute atomic E-state index is 9.18. The quantitative estimate of drug-likeness (QED) is 0.492. The zero-order valence-electron chi connectivity index (χ0n) is 16.7. The van der Waals surface area contributed by atoms with Gasteiger partial charge < -0.3 is 16.0 Å². The molecule has 0 unspecified atom stereocenters. The molecule has 1 aromatic heterocycles. The predicted molar refractivity (Wildman–Crippen MR) is 119 cm³/mol. The number of hydrogen-bond donors (Lipinski definition) is 3. The van der Waals surface area contributed by atoms with Gasteiger partial charge in [0.25, 0.3) is 0 Å². The SMILES string of the molecule is N#Cc1ccc2c(c1)CCC[C@H]2Nc1ccc(C=N)c(Nc2cnn(C3CC3)c2)c1. The molecule has 0 aliphatic heterocycles. The van der Waals surface area contributed by atoms with Crippen LogP contribution >= 0.6 is 0 Å². The molecule has 3 N–H and O–H groups in total. The summed E-state index contributed by atoms with van der Waals surface area (Å²) < 4.78 is 2.02. The number of anilines is 3. The molecule has 6 heteroatoms. The monoisotopic (exact) mass is 396 g/mol. The van der Waals surface area contributed by atoms with E-state index in [0.717, 1.165) is 47.5 Å². The smallest absolute Gasteiger partial charge is 0.0991 e. The van der Waals surface area contributed by atoms with Gasteiger partial charge in [-0.25, -0.2) is 0 Å². The third-order valence-corrected chi connectivity index (χ3v) is 5.94. The van der Waals surface area contributed by atoms with Crippen LogP contribution in [0.15, 0.2) is 48.8 Å². The van der Waals surface area contributed by atoms with Crippen molar-refractivity contribution in [2.24, 2.45) is 0 Å². The van der Waals surface area contributed by atoms with Crippen LogP contribution in [0.1, 0.15) is 60.0 Å². The number of nitriles is 1. The van der Waals surface area contributed by atoms with Crippen LogP contribution in [-0.4, -0.2) is 16.0 Å². The summed E-state index contributed by atoms with van der Waals surface area (Å²) in [4.78, 5) is 0. The van der Waals surface area contributed by atoms with E-state index in [1.165, 1.54) is 30.2 Å². The number of aromatic nitrogens is 2. The molecule has 0 radical (unpaired) electrons. The van der Waals surface area contributed by atoms with E-state index in [2.05, 4.69) is 33.9 Å². The lowest BCUT2D eigenvalue weighted by molar-refractivity contribution is 0.600. The molecule has 1 saturated carbocycles. The lowest BCUT2D eigenvalue weighted by Crippen LogP contribution is -2.17. The number of fused-ring (bicyclic) bond motifs is 1. The van der Waals surface area contributed by atoms with Crippen molar-refractivity contribution in [3.8, 4) is 6.07 Å². The van der Waals surface area contributed by atoms with Gasteiger partial charge in [0.2, 0.25) is 0 Å². The summed E-state index contributed by atoms with van der Waals surface area (Å²) in [6.45, 7) is 0. The molecule has 5 rings (SSSR count). The first-order valence-corrected chi connectivity index (χ1v) is 10.5. The largest absolute Gasteiger partial charge is 0.378 e. The standard InChI is InChI=1S/C24H24N6/c25-12-16-4-9-22-17(10-16)2-1-3-23(22)28-19-6-5-18(13-26)24(11-19)29-20-14-27-30(15-20)21-7-8-21/h4-6,9-11,13-15,21,23,26,28-29H,1-3,7-8H2/t23-/m1/s1. The zero-order valence-corrected chi connectivity index (χ0v) is 16.7. The van der Waals surface area contributed by atoms with E-state index in [0.29, 0.717) is 6.04 Å². The zero-order chi connectivity index (χ0) is 20.5. The lowest BCUT2D eigenvalue weighted by Gasteiger charge is -2.27. The maximum atomic E-state index is 9.18. The van der Waals surface area contributed by atoms with E-state index < -0.39 is 0 Å². The Labute approximate surface area is 176 Å². The van der Waals surface area contributed by atoms with Gasteiger partial charge in [0.15, 0.2) is 0 Å². The Morgan fingerprint density at radius 1 is 1.13 bits per heavy atom. The molecule has 2 aliphatic carbocycles. The highest BCUT2D eigenvalue weighted by Gasteiger charge is 2.24. The molecule has 150 valence electrons. The second-order valence-electron chi connectivity index (χ2n) is 8.13. The van der Waals surface area contributed by atoms with E-state index in [-0.39, 0.29) is 6.04 Å². The molecular weight excluding hydrogens is 372 g/mol. The van der Waals surface area contributed by atoms with Gasteiger partial charge in [-0.3, -0.25) is 4.68 Å². The first-order valence-electron chi connectivity index (χ1n) is 10.5. The fraction of sp³-hybridized carbons (Fsp3) is 0.292. The average Bonchev–Trinajstić information content (AvgIpc) is 3.53. The molecule has 3 aromatic rings. The number of aryl methyl sites for hydroxylation is 1. The summed E-state index contributed by atoms with van der Waals surface area (Å²) in [6, 6.07) is 15.1. The predicted octanol–water partition coefficient (Wildman–Crippen LogP) is 5.32. The van der Waals surface area contributed by atoms with Crippen LogP contribution in [0.5, 0.6) is 0 Å². The van der Waals surface area contributed by atoms with Crippen LogP contribution in [0.4, 0.5) is 17.1 Å². The fourth-order valence-corrected chi connectivity index (χ4v) is 4.21. The Kier molecular flexibility index (Phi) is 4.72. The highest BCUT2D eigenvalue weighted by Crippen LogP contribution is 2.36. The van der Waals surface area contributed by atoms with Gasteiger partial charge in [-0.2, -0.15) is 10.4 Å². The molecule has 1 atom stereocenters. The first-order chi connectivity index (χ1) is 14.7. The summed E-state index contributed by atoms with van der Waals surface area (Å²) in [6.07, 6.45) is 10.8. The van der Waals surface area contributed by atoms with Gasteiger partial charge in [0.1, 0.15) is 0 Å². The summed E-state index contributed by atoms with van der Waals surface area (Å²) in [5.74, 6) is 0. The third-order valence-electron chi connectivity index (χ3n) is 5.94. The molecular formula is C24H24N6. The summed E-state index contributed by atoms with van der Waals surface area (Å²) in [5, 5.41) is 28.5. The molecule has 0 spiro atoms. The lowest BCUT2D eigenvalue weighted by atomic mass is 9.86. The van der Waals surface area contributed by atoms with Gasteiger partial charge in [-0.05, 0) is 73.6 Å². The van der Waals surface area contributed by atoms with E-state index in [1.54, 1.807) is 0 Å². The molecule has 1 heterocycles. The van der Waals surface area contributed by atoms with Crippen molar-refractivity contribution in [2.75, 3.05) is 10.6 Å². The van der Waals surface area contributed by atoms with Crippen LogP contribution in [-0.2, 0) is 6.42 Å². The van der Waals surface area contributed by atoms with Crippen molar-refractivity contribution >= 4 is 23.3 Å². The minimum atomic E-state index is 0.220. The van der Waals surface area contributed by atoms with Crippen molar-refractivity contribution in [1.82, 2.24) is 9.78 Å². The molecule has 0 bridgehead atoms. The average molecular weight is 396 g/mol. The molecule has 2 aromatic carbocycles. The van der Waals surface area contributed by atoms with Crippen LogP contribution in [0, 0.1) is 16.7 Å². The number of benzene rings is 2. The van der Waals surface area contributed by atoms with Gasteiger partial charge in [-0.1, -0.05) is 6.07 Å². The van der Waals surface area contributed by atoms with Crippen molar-refractivity contribution in [3.05, 3.63) is 71.0 Å². The van der Waals surface area contributed by atoms with Crippen LogP contribution in [0.25, 0.3) is 0 Å². The minimum Gasteiger partial charge on any atom is -0.378 e. The van der Waals surface area contributed by atoms with Crippen molar-refractivity contribution in [1.29, 1.82) is 10.7 Å². The van der Waals surface area contributed by atoms with Crippen LogP contribution < -0.4 is 10.6 Å². The van der Waals surface area contributed by atoms with Crippen molar-refractivity contribution < 1.29 is 0 Å². The molecule has 0 amide bonds. The second-order valence-corrected chi connectivity index (χ2v) is 8.13. The third kappa shape index (κ3) is 3.67. The van der Waals surface area contributed by atoms with E-state index >= 15 is 0 Å². The number of rotatable bonds is 6. The number of nitrogens with zero attached hydrogens (tertiary/aromatic N) is 3. The van der Waals surface area contributed by atoms with Crippen LogP contribution in [0.2, 0.25) is 0 Å². The highest BCUT2D eigenvalue weighted by molar-refractivity contribution is 5.88. The van der Waals surface area contributed by atoms with Crippen molar-refractivity contribution in [2.45, 2.75) is 44.2 Å². The molecule has 0 saturated heterocycles. The molecule has 30 heavy (non-hydrogen) atoms. The summed E-state index contributed by atoms with van der Waals surface area (Å²) in [7, 11) is 0. The first kappa shape index (κ1) is 18.4. The Morgan fingerprint density at radius 2 is 2.03 bits per heavy atom. The summed E-state index contributed by atoms with van der Waals surface area (Å²) in [5.41, 5.74) is 6.94. The Morgan fingerprint density at radius 3 is 2.83 bits per heavy atom. The van der Waals surface area contributed by atoms with Gasteiger partial charge in [-0.15, -0.1) is 0 Å². The highest BCUT2D eigenvalue weighted by atomic mass is 15.3. The topological polar surface area (TPSA) is 89.5 Å². The van der Waals surface area contributed by atoms with E-state index in [9.17, 15) is 5.26 Å². The second kappa shape index (κ2) is 7.68.